The molecule has 2 aromatic carbocycles. The van der Waals surface area contributed by atoms with Crippen molar-refractivity contribution in [3.8, 4) is 0 Å². The molecule has 2 aromatic rings. The molecule has 1 atom stereocenters. The lowest BCUT2D eigenvalue weighted by Gasteiger charge is -2.17. The van der Waals surface area contributed by atoms with E-state index in [9.17, 15) is 9.59 Å². The van der Waals surface area contributed by atoms with Crippen molar-refractivity contribution in [2.45, 2.75) is 25.7 Å². The first kappa shape index (κ1) is 17.5. The molecule has 24 heavy (non-hydrogen) atoms. The average molecular weight is 325 g/mol. The summed E-state index contributed by atoms with van der Waals surface area (Å²) >= 11 is 0. The number of hydrogen-bond donors (Lipinski definition) is 3. The molecule has 0 aliphatic heterocycles. The van der Waals surface area contributed by atoms with Crippen molar-refractivity contribution in [2.75, 3.05) is 17.7 Å². The van der Waals surface area contributed by atoms with Crippen LogP contribution in [0.25, 0.3) is 0 Å². The van der Waals surface area contributed by atoms with Crippen LogP contribution in [0.1, 0.15) is 31.2 Å². The van der Waals surface area contributed by atoms with Crippen molar-refractivity contribution in [3.63, 3.8) is 0 Å². The Morgan fingerprint density at radius 3 is 2.04 bits per heavy atom. The highest BCUT2D eigenvalue weighted by Gasteiger charge is 2.19. The van der Waals surface area contributed by atoms with E-state index in [0.29, 0.717) is 11.4 Å². The standard InChI is InChI=1S/C19H23N3O2/c1-3-7-17(14-8-5-4-6-9-14)18(23)21-15-10-12-16(13-11-15)22-19(24)20-2/h4-6,8-13,17H,3,7H2,1-2H3,(H,21,23)(H2,20,22,24)/t17-/m1/s1. The Kier molecular flexibility index (Phi) is 6.37. The summed E-state index contributed by atoms with van der Waals surface area (Å²) in [5.41, 5.74) is 2.40. The third-order valence-electron chi connectivity index (χ3n) is 3.73. The van der Waals surface area contributed by atoms with Crippen molar-refractivity contribution in [2.24, 2.45) is 0 Å². The van der Waals surface area contributed by atoms with E-state index in [1.165, 1.54) is 0 Å². The van der Waals surface area contributed by atoms with Gasteiger partial charge in [0.1, 0.15) is 0 Å². The summed E-state index contributed by atoms with van der Waals surface area (Å²) in [6.07, 6.45) is 1.73. The molecule has 2 rings (SSSR count). The monoisotopic (exact) mass is 325 g/mol. The molecule has 3 N–H and O–H groups in total. The summed E-state index contributed by atoms with van der Waals surface area (Å²) in [6.45, 7) is 2.07. The van der Waals surface area contributed by atoms with Gasteiger partial charge in [-0.1, -0.05) is 43.7 Å². The van der Waals surface area contributed by atoms with Crippen LogP contribution in [0, 0.1) is 0 Å². The Morgan fingerprint density at radius 1 is 0.917 bits per heavy atom. The first-order valence-electron chi connectivity index (χ1n) is 8.08. The predicted molar refractivity (Wildman–Crippen MR) is 97.2 cm³/mol. The summed E-state index contributed by atoms with van der Waals surface area (Å²) in [5.74, 6) is -0.185. The third kappa shape index (κ3) is 4.84. The van der Waals surface area contributed by atoms with Gasteiger partial charge in [0.15, 0.2) is 0 Å². The number of urea groups is 1. The van der Waals surface area contributed by atoms with Crippen molar-refractivity contribution in [1.82, 2.24) is 5.32 Å². The maximum atomic E-state index is 12.6. The number of carbonyl (C=O) groups excluding carboxylic acids is 2. The molecular weight excluding hydrogens is 302 g/mol. The van der Waals surface area contributed by atoms with Crippen LogP contribution in [-0.2, 0) is 4.79 Å². The van der Waals surface area contributed by atoms with Gasteiger partial charge >= 0.3 is 6.03 Å². The molecule has 3 amide bonds. The molecule has 5 heteroatoms. The molecule has 0 fully saturated rings. The summed E-state index contributed by atoms with van der Waals surface area (Å²) in [5, 5.41) is 8.12. The lowest BCUT2D eigenvalue weighted by atomic mass is 9.93. The molecule has 0 aliphatic rings. The van der Waals surface area contributed by atoms with Crippen LogP contribution in [0.4, 0.5) is 16.2 Å². The van der Waals surface area contributed by atoms with Gasteiger partial charge in [-0.15, -0.1) is 0 Å². The lowest BCUT2D eigenvalue weighted by molar-refractivity contribution is -0.117. The van der Waals surface area contributed by atoms with Gasteiger partial charge in [-0.2, -0.15) is 0 Å². The summed E-state index contributed by atoms with van der Waals surface area (Å²) < 4.78 is 0. The van der Waals surface area contributed by atoms with Crippen molar-refractivity contribution in [1.29, 1.82) is 0 Å². The van der Waals surface area contributed by atoms with E-state index in [-0.39, 0.29) is 17.9 Å². The second-order valence-corrected chi connectivity index (χ2v) is 5.52. The van der Waals surface area contributed by atoms with Crippen LogP contribution in [-0.4, -0.2) is 19.0 Å². The summed E-state index contributed by atoms with van der Waals surface area (Å²) in [4.78, 5) is 23.9. The van der Waals surface area contributed by atoms with E-state index in [2.05, 4.69) is 22.9 Å². The molecule has 0 aromatic heterocycles. The Balaban J connectivity index is 2.05. The third-order valence-corrected chi connectivity index (χ3v) is 3.73. The summed E-state index contributed by atoms with van der Waals surface area (Å²) in [6, 6.07) is 16.6. The Morgan fingerprint density at radius 2 is 1.50 bits per heavy atom. The van der Waals surface area contributed by atoms with Crippen LogP contribution in [0.5, 0.6) is 0 Å². The quantitative estimate of drug-likeness (QED) is 0.752. The van der Waals surface area contributed by atoms with E-state index >= 15 is 0 Å². The maximum Gasteiger partial charge on any atom is 0.318 e. The first-order chi connectivity index (χ1) is 11.6. The fourth-order valence-corrected chi connectivity index (χ4v) is 2.48. The Labute approximate surface area is 142 Å². The molecule has 0 heterocycles. The van der Waals surface area contributed by atoms with Crippen LogP contribution < -0.4 is 16.0 Å². The molecular formula is C19H23N3O2. The van der Waals surface area contributed by atoms with Gasteiger partial charge in [0, 0.05) is 18.4 Å². The van der Waals surface area contributed by atoms with E-state index in [1.807, 2.05) is 30.3 Å². The van der Waals surface area contributed by atoms with Gasteiger partial charge < -0.3 is 16.0 Å². The molecule has 0 bridgehead atoms. The normalized spacial score (nSPS) is 11.4. The predicted octanol–water partition coefficient (Wildman–Crippen LogP) is 3.96. The second-order valence-electron chi connectivity index (χ2n) is 5.52. The maximum absolute atomic E-state index is 12.6. The van der Waals surface area contributed by atoms with Gasteiger partial charge in [-0.3, -0.25) is 4.79 Å². The van der Waals surface area contributed by atoms with Gasteiger partial charge in [-0.05, 0) is 36.2 Å². The zero-order chi connectivity index (χ0) is 17.4. The van der Waals surface area contributed by atoms with Crippen LogP contribution in [0.2, 0.25) is 0 Å². The molecule has 0 radical (unpaired) electrons. The van der Waals surface area contributed by atoms with Crippen LogP contribution in [0.3, 0.4) is 0 Å². The highest BCUT2D eigenvalue weighted by atomic mass is 16.2. The molecule has 0 aliphatic carbocycles. The Bertz CT molecular complexity index is 669. The first-order valence-corrected chi connectivity index (χ1v) is 8.08. The zero-order valence-electron chi connectivity index (χ0n) is 14.0. The lowest BCUT2D eigenvalue weighted by Crippen LogP contribution is -2.24. The van der Waals surface area contributed by atoms with Crippen LogP contribution >= 0.6 is 0 Å². The van der Waals surface area contributed by atoms with Gasteiger partial charge in [0.25, 0.3) is 0 Å². The fourth-order valence-electron chi connectivity index (χ4n) is 2.48. The summed E-state index contributed by atoms with van der Waals surface area (Å²) in [7, 11) is 1.56. The number of carbonyl (C=O) groups is 2. The topological polar surface area (TPSA) is 70.2 Å². The van der Waals surface area contributed by atoms with Crippen molar-refractivity contribution in [3.05, 3.63) is 60.2 Å². The highest BCUT2D eigenvalue weighted by molar-refractivity contribution is 5.96. The molecule has 0 spiro atoms. The minimum atomic E-state index is -0.279. The highest BCUT2D eigenvalue weighted by Crippen LogP contribution is 2.23. The number of nitrogens with one attached hydrogen (secondary N) is 3. The molecule has 0 saturated carbocycles. The number of rotatable bonds is 6. The van der Waals surface area contributed by atoms with E-state index in [0.717, 1.165) is 18.4 Å². The van der Waals surface area contributed by atoms with Crippen molar-refractivity contribution >= 4 is 23.3 Å². The minimum absolute atomic E-state index is 0.0185. The molecule has 126 valence electrons. The smallest absolute Gasteiger partial charge is 0.318 e. The van der Waals surface area contributed by atoms with Crippen LogP contribution in [0.15, 0.2) is 54.6 Å². The second kappa shape index (κ2) is 8.72. The van der Waals surface area contributed by atoms with E-state index < -0.39 is 0 Å². The molecule has 5 nitrogen and oxygen atoms in total. The van der Waals surface area contributed by atoms with Gasteiger partial charge in [0.05, 0.1) is 5.92 Å². The zero-order valence-corrected chi connectivity index (χ0v) is 14.0. The number of benzene rings is 2. The average Bonchev–Trinajstić information content (AvgIpc) is 2.61. The van der Waals surface area contributed by atoms with Gasteiger partial charge in [0.2, 0.25) is 5.91 Å². The molecule has 0 saturated heterocycles. The number of anilines is 2. The SMILES string of the molecule is CCC[C@@H](C(=O)Nc1ccc(NC(=O)NC)cc1)c1ccccc1. The number of hydrogen-bond acceptors (Lipinski definition) is 2. The van der Waals surface area contributed by atoms with E-state index in [1.54, 1.807) is 31.3 Å². The van der Waals surface area contributed by atoms with E-state index in [4.69, 9.17) is 0 Å². The molecule has 0 unspecified atom stereocenters. The van der Waals surface area contributed by atoms with Gasteiger partial charge in [-0.25, -0.2) is 4.79 Å². The fraction of sp³-hybridized carbons (Fsp3) is 0.263. The largest absolute Gasteiger partial charge is 0.341 e. The van der Waals surface area contributed by atoms with Crippen molar-refractivity contribution < 1.29 is 9.59 Å². The minimum Gasteiger partial charge on any atom is -0.341 e. The number of amides is 3. The Hall–Kier alpha value is -2.82.